The molecule has 0 fully saturated rings. The number of carbonyl (C=O) groups excluding carboxylic acids is 2. The molecular weight excluding hydrogens is 346 g/mol. The third-order valence-corrected chi connectivity index (χ3v) is 4.30. The van der Waals surface area contributed by atoms with Gasteiger partial charge < -0.3 is 14.8 Å². The standard InChI is InChI=1S/C14H18ClNO6S/c1-9(7-21-2)16-13(17)8-22-14(18)10-4-5-11(15)12(6-10)23(3,19)20/h4-6,9H,7-8H2,1-3H3,(H,16,17). The Morgan fingerprint density at radius 3 is 2.57 bits per heavy atom. The second-order valence-electron chi connectivity index (χ2n) is 4.92. The van der Waals surface area contributed by atoms with Crippen LogP contribution in [0.15, 0.2) is 23.1 Å². The van der Waals surface area contributed by atoms with Crippen molar-refractivity contribution in [2.24, 2.45) is 0 Å². The summed E-state index contributed by atoms with van der Waals surface area (Å²) in [7, 11) is -2.07. The predicted molar refractivity (Wildman–Crippen MR) is 84.3 cm³/mol. The third-order valence-electron chi connectivity index (χ3n) is 2.72. The highest BCUT2D eigenvalue weighted by Crippen LogP contribution is 2.22. The van der Waals surface area contributed by atoms with E-state index < -0.39 is 28.3 Å². The molecule has 0 aromatic heterocycles. The van der Waals surface area contributed by atoms with Gasteiger partial charge >= 0.3 is 5.97 Å². The highest BCUT2D eigenvalue weighted by Gasteiger charge is 2.17. The minimum atomic E-state index is -3.58. The van der Waals surface area contributed by atoms with E-state index in [1.165, 1.54) is 19.2 Å². The Morgan fingerprint density at radius 2 is 2.00 bits per heavy atom. The van der Waals surface area contributed by atoms with E-state index in [1.54, 1.807) is 6.92 Å². The van der Waals surface area contributed by atoms with E-state index in [1.807, 2.05) is 0 Å². The highest BCUT2D eigenvalue weighted by molar-refractivity contribution is 7.90. The Labute approximate surface area is 139 Å². The second kappa shape index (κ2) is 8.28. The monoisotopic (exact) mass is 363 g/mol. The lowest BCUT2D eigenvalue weighted by molar-refractivity contribution is -0.125. The van der Waals surface area contributed by atoms with E-state index in [9.17, 15) is 18.0 Å². The lowest BCUT2D eigenvalue weighted by atomic mass is 10.2. The molecule has 1 aromatic carbocycles. The molecule has 1 aromatic rings. The zero-order valence-corrected chi connectivity index (χ0v) is 14.5. The van der Waals surface area contributed by atoms with Crippen LogP contribution in [0.4, 0.5) is 0 Å². The molecular formula is C14H18ClNO6S. The number of ether oxygens (including phenoxy) is 2. The Kier molecular flexibility index (Phi) is 6.99. The highest BCUT2D eigenvalue weighted by atomic mass is 35.5. The Hall–Kier alpha value is -1.64. The summed E-state index contributed by atoms with van der Waals surface area (Å²) in [4.78, 5) is 23.3. The van der Waals surface area contributed by atoms with Gasteiger partial charge in [-0.05, 0) is 25.1 Å². The van der Waals surface area contributed by atoms with Gasteiger partial charge in [-0.1, -0.05) is 11.6 Å². The molecule has 0 radical (unpaired) electrons. The molecule has 0 spiro atoms. The average Bonchev–Trinajstić information content (AvgIpc) is 2.44. The third kappa shape index (κ3) is 6.17. The molecule has 0 heterocycles. The van der Waals surface area contributed by atoms with E-state index in [0.717, 1.165) is 12.3 Å². The summed E-state index contributed by atoms with van der Waals surface area (Å²) in [5.41, 5.74) is -0.00688. The summed E-state index contributed by atoms with van der Waals surface area (Å²) in [6.07, 6.45) is 0.980. The molecule has 0 aliphatic rings. The maximum absolute atomic E-state index is 11.9. The molecule has 1 unspecified atom stereocenters. The fraction of sp³-hybridized carbons (Fsp3) is 0.429. The van der Waals surface area contributed by atoms with Crippen LogP contribution in [0, 0.1) is 0 Å². The van der Waals surface area contributed by atoms with Gasteiger partial charge in [-0.3, -0.25) is 4.79 Å². The van der Waals surface area contributed by atoms with Crippen LogP contribution in [0.3, 0.4) is 0 Å². The molecule has 128 valence electrons. The van der Waals surface area contributed by atoms with E-state index in [0.29, 0.717) is 6.61 Å². The maximum atomic E-state index is 11.9. The number of carbonyl (C=O) groups is 2. The van der Waals surface area contributed by atoms with Crippen molar-refractivity contribution < 1.29 is 27.5 Å². The van der Waals surface area contributed by atoms with Gasteiger partial charge in [0, 0.05) is 19.4 Å². The molecule has 1 amide bonds. The number of methoxy groups -OCH3 is 1. The zero-order valence-electron chi connectivity index (χ0n) is 13.0. The number of benzene rings is 1. The minimum Gasteiger partial charge on any atom is -0.452 e. The van der Waals surface area contributed by atoms with Gasteiger partial charge in [0.15, 0.2) is 16.4 Å². The van der Waals surface area contributed by atoms with Gasteiger partial charge in [0.05, 0.1) is 22.1 Å². The van der Waals surface area contributed by atoms with Crippen LogP contribution < -0.4 is 5.32 Å². The van der Waals surface area contributed by atoms with Crippen molar-refractivity contribution in [3.8, 4) is 0 Å². The van der Waals surface area contributed by atoms with Gasteiger partial charge in [-0.15, -0.1) is 0 Å². The summed E-state index contributed by atoms with van der Waals surface area (Å²) in [6, 6.07) is 3.50. The molecule has 23 heavy (non-hydrogen) atoms. The number of sulfone groups is 1. The first-order valence-electron chi connectivity index (χ1n) is 6.60. The van der Waals surface area contributed by atoms with Crippen molar-refractivity contribution in [2.45, 2.75) is 17.9 Å². The van der Waals surface area contributed by atoms with Crippen molar-refractivity contribution in [3.63, 3.8) is 0 Å². The number of rotatable bonds is 7. The number of nitrogens with one attached hydrogen (secondary N) is 1. The molecule has 0 saturated carbocycles. The average molecular weight is 364 g/mol. The van der Waals surface area contributed by atoms with Crippen molar-refractivity contribution in [1.29, 1.82) is 0 Å². The summed E-state index contributed by atoms with van der Waals surface area (Å²) < 4.78 is 32.8. The normalized spacial score (nSPS) is 12.5. The van der Waals surface area contributed by atoms with Crippen molar-refractivity contribution >= 4 is 33.3 Å². The SMILES string of the molecule is COCC(C)NC(=O)COC(=O)c1ccc(Cl)c(S(C)(=O)=O)c1. The molecule has 0 bridgehead atoms. The van der Waals surface area contributed by atoms with Crippen LogP contribution in [-0.4, -0.2) is 52.9 Å². The quantitative estimate of drug-likeness (QED) is 0.727. The number of esters is 1. The molecule has 1 atom stereocenters. The van der Waals surface area contributed by atoms with E-state index in [-0.39, 0.29) is 21.5 Å². The van der Waals surface area contributed by atoms with E-state index >= 15 is 0 Å². The van der Waals surface area contributed by atoms with Gasteiger partial charge in [-0.2, -0.15) is 0 Å². The van der Waals surface area contributed by atoms with Crippen LogP contribution in [0.5, 0.6) is 0 Å². The topological polar surface area (TPSA) is 98.8 Å². The van der Waals surface area contributed by atoms with Crippen LogP contribution in [0.25, 0.3) is 0 Å². The van der Waals surface area contributed by atoms with Crippen molar-refractivity contribution in [2.75, 3.05) is 26.6 Å². The smallest absolute Gasteiger partial charge is 0.338 e. The van der Waals surface area contributed by atoms with E-state index in [4.69, 9.17) is 21.1 Å². The Balaban J connectivity index is 2.71. The van der Waals surface area contributed by atoms with Crippen LogP contribution in [-0.2, 0) is 24.1 Å². The molecule has 1 N–H and O–H groups in total. The molecule has 7 nitrogen and oxygen atoms in total. The first-order chi connectivity index (χ1) is 10.6. The lowest BCUT2D eigenvalue weighted by Crippen LogP contribution is -2.38. The summed E-state index contributed by atoms with van der Waals surface area (Å²) in [5, 5.41) is 2.58. The first kappa shape index (κ1) is 19.4. The van der Waals surface area contributed by atoms with Crippen LogP contribution in [0.1, 0.15) is 17.3 Å². The summed E-state index contributed by atoms with van der Waals surface area (Å²) in [6.45, 7) is 1.58. The van der Waals surface area contributed by atoms with Crippen molar-refractivity contribution in [3.05, 3.63) is 28.8 Å². The molecule has 0 saturated heterocycles. The first-order valence-corrected chi connectivity index (χ1v) is 8.87. The van der Waals surface area contributed by atoms with Gasteiger partial charge in [0.2, 0.25) is 0 Å². The van der Waals surface area contributed by atoms with Crippen molar-refractivity contribution in [1.82, 2.24) is 5.32 Å². The predicted octanol–water partition coefficient (Wildman–Crippen LogP) is 1.05. The van der Waals surface area contributed by atoms with Gasteiger partial charge in [0.1, 0.15) is 0 Å². The van der Waals surface area contributed by atoms with Gasteiger partial charge in [0.25, 0.3) is 5.91 Å². The summed E-state index contributed by atoms with van der Waals surface area (Å²) >= 11 is 5.79. The minimum absolute atomic E-state index is 0.00688. The fourth-order valence-corrected chi connectivity index (χ4v) is 3.04. The molecule has 0 aliphatic carbocycles. The maximum Gasteiger partial charge on any atom is 0.338 e. The van der Waals surface area contributed by atoms with E-state index in [2.05, 4.69) is 5.32 Å². The molecule has 0 aliphatic heterocycles. The number of amides is 1. The fourth-order valence-electron chi connectivity index (χ4n) is 1.74. The van der Waals surface area contributed by atoms with Gasteiger partial charge in [-0.25, -0.2) is 13.2 Å². The number of hydrogen-bond acceptors (Lipinski definition) is 6. The molecule has 9 heteroatoms. The number of halogens is 1. The largest absolute Gasteiger partial charge is 0.452 e. The zero-order chi connectivity index (χ0) is 17.6. The van der Waals surface area contributed by atoms with Crippen LogP contribution >= 0.6 is 11.6 Å². The van der Waals surface area contributed by atoms with Crippen LogP contribution in [0.2, 0.25) is 5.02 Å². The second-order valence-corrected chi connectivity index (χ2v) is 7.31. The number of hydrogen-bond donors (Lipinski definition) is 1. The molecule has 1 rings (SSSR count). The Bertz CT molecular complexity index is 689. The Morgan fingerprint density at radius 1 is 1.35 bits per heavy atom. The lowest BCUT2D eigenvalue weighted by Gasteiger charge is -2.13. The summed E-state index contributed by atoms with van der Waals surface area (Å²) in [5.74, 6) is -1.30.